The Kier molecular flexibility index (Phi) is 3.51. The average Bonchev–Trinajstić information content (AvgIpc) is 2.30. The maximum Gasteiger partial charge on any atom is 0.127 e. The lowest BCUT2D eigenvalue weighted by molar-refractivity contribution is 0.348. The van der Waals surface area contributed by atoms with E-state index in [9.17, 15) is 0 Å². The van der Waals surface area contributed by atoms with Crippen LogP contribution in [0.25, 0.3) is 10.8 Å². The van der Waals surface area contributed by atoms with Gasteiger partial charge in [0, 0.05) is 11.1 Å². The lowest BCUT2D eigenvalue weighted by Crippen LogP contribution is -1.99. The number of fused-ring (bicyclic) bond motifs is 1. The van der Waals surface area contributed by atoms with Crippen LogP contribution in [-0.4, -0.2) is 18.6 Å². The van der Waals surface area contributed by atoms with Crippen molar-refractivity contribution in [1.29, 1.82) is 0 Å². The molecule has 0 amide bonds. The summed E-state index contributed by atoms with van der Waals surface area (Å²) < 4.78 is 5.74. The van der Waals surface area contributed by atoms with Gasteiger partial charge in [-0.15, -0.1) is 0 Å². The maximum absolute atomic E-state index is 5.74. The van der Waals surface area contributed by atoms with Crippen LogP contribution in [-0.2, 0) is 0 Å². The van der Waals surface area contributed by atoms with E-state index in [1.165, 1.54) is 10.8 Å². The Hall–Kier alpha value is -1.15. The fraction of sp³-hybridized carbons (Fsp3) is 0.231. The fourth-order valence-electron chi connectivity index (χ4n) is 1.56. The SMILES string of the molecule is CSCCOc1cccc2ccccc12. The monoisotopic (exact) mass is 218 g/mol. The molecule has 0 saturated carbocycles. The van der Waals surface area contributed by atoms with Gasteiger partial charge in [-0.1, -0.05) is 36.4 Å². The van der Waals surface area contributed by atoms with Crippen molar-refractivity contribution < 1.29 is 4.74 Å². The molecule has 1 nitrogen and oxygen atoms in total. The van der Waals surface area contributed by atoms with E-state index in [0.717, 1.165) is 18.1 Å². The Morgan fingerprint density at radius 3 is 2.73 bits per heavy atom. The van der Waals surface area contributed by atoms with Gasteiger partial charge in [-0.05, 0) is 17.7 Å². The van der Waals surface area contributed by atoms with Crippen molar-refractivity contribution in [3.05, 3.63) is 42.5 Å². The summed E-state index contributed by atoms with van der Waals surface area (Å²) in [5, 5.41) is 2.43. The minimum atomic E-state index is 0.773. The smallest absolute Gasteiger partial charge is 0.127 e. The molecule has 0 aliphatic rings. The molecule has 2 aromatic carbocycles. The molecule has 0 unspecified atom stereocenters. The van der Waals surface area contributed by atoms with E-state index >= 15 is 0 Å². The van der Waals surface area contributed by atoms with E-state index in [4.69, 9.17) is 4.74 Å². The van der Waals surface area contributed by atoms with Gasteiger partial charge in [0.05, 0.1) is 6.61 Å². The van der Waals surface area contributed by atoms with Gasteiger partial charge in [0.1, 0.15) is 5.75 Å². The number of thioether (sulfide) groups is 1. The van der Waals surface area contributed by atoms with Crippen LogP contribution >= 0.6 is 11.8 Å². The zero-order valence-corrected chi connectivity index (χ0v) is 9.59. The van der Waals surface area contributed by atoms with Crippen molar-refractivity contribution in [3.63, 3.8) is 0 Å². The predicted octanol–water partition coefficient (Wildman–Crippen LogP) is 3.58. The van der Waals surface area contributed by atoms with E-state index in [2.05, 4.69) is 24.5 Å². The highest BCUT2D eigenvalue weighted by molar-refractivity contribution is 7.98. The Labute approximate surface area is 94.4 Å². The van der Waals surface area contributed by atoms with Crippen LogP contribution in [0.5, 0.6) is 5.75 Å². The number of rotatable bonds is 4. The van der Waals surface area contributed by atoms with Gasteiger partial charge < -0.3 is 4.74 Å². The van der Waals surface area contributed by atoms with E-state index in [-0.39, 0.29) is 0 Å². The molecular formula is C13H14OS. The highest BCUT2D eigenvalue weighted by Gasteiger charge is 1.99. The first-order chi connectivity index (χ1) is 7.42. The maximum atomic E-state index is 5.74. The van der Waals surface area contributed by atoms with Gasteiger partial charge in [-0.25, -0.2) is 0 Å². The van der Waals surface area contributed by atoms with Crippen LogP contribution in [0.1, 0.15) is 0 Å². The number of ether oxygens (including phenoxy) is 1. The van der Waals surface area contributed by atoms with Gasteiger partial charge in [-0.2, -0.15) is 11.8 Å². The van der Waals surface area contributed by atoms with E-state index < -0.39 is 0 Å². The first-order valence-corrected chi connectivity index (χ1v) is 6.40. The van der Waals surface area contributed by atoms with Gasteiger partial charge in [-0.3, -0.25) is 0 Å². The Bertz CT molecular complexity index is 434. The molecule has 2 aromatic rings. The van der Waals surface area contributed by atoms with E-state index in [1.807, 2.05) is 24.3 Å². The molecule has 0 saturated heterocycles. The predicted molar refractivity (Wildman–Crippen MR) is 67.8 cm³/mol. The standard InChI is InChI=1S/C13H14OS/c1-15-10-9-14-13-8-4-6-11-5-2-3-7-12(11)13/h2-8H,9-10H2,1H3. The molecule has 0 bridgehead atoms. The second kappa shape index (κ2) is 5.08. The van der Waals surface area contributed by atoms with Gasteiger partial charge in [0.25, 0.3) is 0 Å². The summed E-state index contributed by atoms with van der Waals surface area (Å²) in [4.78, 5) is 0. The molecule has 0 heterocycles. The highest BCUT2D eigenvalue weighted by atomic mass is 32.2. The third-order valence-corrected chi connectivity index (χ3v) is 2.87. The summed E-state index contributed by atoms with van der Waals surface area (Å²) >= 11 is 1.80. The second-order valence-corrected chi connectivity index (χ2v) is 4.30. The molecule has 0 radical (unpaired) electrons. The summed E-state index contributed by atoms with van der Waals surface area (Å²) in [6.07, 6.45) is 2.09. The summed E-state index contributed by atoms with van der Waals surface area (Å²) in [5.41, 5.74) is 0. The van der Waals surface area contributed by atoms with Crippen LogP contribution < -0.4 is 4.74 Å². The molecule has 15 heavy (non-hydrogen) atoms. The molecule has 0 aliphatic heterocycles. The topological polar surface area (TPSA) is 9.23 Å². The van der Waals surface area contributed by atoms with E-state index in [1.54, 1.807) is 11.8 Å². The normalized spacial score (nSPS) is 10.5. The van der Waals surface area contributed by atoms with Crippen molar-refractivity contribution in [2.75, 3.05) is 18.6 Å². The number of hydrogen-bond acceptors (Lipinski definition) is 2. The van der Waals surface area contributed by atoms with Crippen LogP contribution in [0, 0.1) is 0 Å². The molecule has 0 spiro atoms. The quantitative estimate of drug-likeness (QED) is 0.725. The largest absolute Gasteiger partial charge is 0.492 e. The Balaban J connectivity index is 2.26. The van der Waals surface area contributed by atoms with Crippen molar-refractivity contribution in [2.45, 2.75) is 0 Å². The van der Waals surface area contributed by atoms with Crippen LogP contribution in [0.3, 0.4) is 0 Å². The van der Waals surface area contributed by atoms with Crippen molar-refractivity contribution in [1.82, 2.24) is 0 Å². The van der Waals surface area contributed by atoms with Crippen LogP contribution in [0.2, 0.25) is 0 Å². The van der Waals surface area contributed by atoms with Gasteiger partial charge in [0.15, 0.2) is 0 Å². The molecule has 0 aromatic heterocycles. The second-order valence-electron chi connectivity index (χ2n) is 3.32. The minimum absolute atomic E-state index is 0.773. The molecular weight excluding hydrogens is 204 g/mol. The van der Waals surface area contributed by atoms with Gasteiger partial charge >= 0.3 is 0 Å². The molecule has 2 heteroatoms. The molecule has 2 rings (SSSR count). The van der Waals surface area contributed by atoms with Gasteiger partial charge in [0.2, 0.25) is 0 Å². The molecule has 0 aliphatic carbocycles. The number of hydrogen-bond donors (Lipinski definition) is 0. The number of benzene rings is 2. The molecule has 78 valence electrons. The Morgan fingerprint density at radius 2 is 1.87 bits per heavy atom. The summed E-state index contributed by atoms with van der Waals surface area (Å²) in [6.45, 7) is 0.773. The first kappa shape index (κ1) is 10.4. The minimum Gasteiger partial charge on any atom is -0.492 e. The zero-order valence-electron chi connectivity index (χ0n) is 8.77. The van der Waals surface area contributed by atoms with E-state index in [0.29, 0.717) is 0 Å². The van der Waals surface area contributed by atoms with Crippen LogP contribution in [0.15, 0.2) is 42.5 Å². The van der Waals surface area contributed by atoms with Crippen LogP contribution in [0.4, 0.5) is 0 Å². The lowest BCUT2D eigenvalue weighted by atomic mass is 10.1. The van der Waals surface area contributed by atoms with Crippen molar-refractivity contribution in [3.8, 4) is 5.75 Å². The fourth-order valence-corrected chi connectivity index (χ4v) is 1.81. The zero-order chi connectivity index (χ0) is 10.5. The highest BCUT2D eigenvalue weighted by Crippen LogP contribution is 2.25. The first-order valence-electron chi connectivity index (χ1n) is 5.01. The third-order valence-electron chi connectivity index (χ3n) is 2.29. The summed E-state index contributed by atoms with van der Waals surface area (Å²) in [6, 6.07) is 14.5. The lowest BCUT2D eigenvalue weighted by Gasteiger charge is -2.08. The van der Waals surface area contributed by atoms with Crippen molar-refractivity contribution >= 4 is 22.5 Å². The Morgan fingerprint density at radius 1 is 1.07 bits per heavy atom. The average molecular weight is 218 g/mol. The summed E-state index contributed by atoms with van der Waals surface area (Å²) in [5.74, 6) is 2.02. The summed E-state index contributed by atoms with van der Waals surface area (Å²) in [7, 11) is 0. The third kappa shape index (κ3) is 2.45. The molecule has 0 atom stereocenters. The van der Waals surface area contributed by atoms with Crippen molar-refractivity contribution in [2.24, 2.45) is 0 Å². The molecule has 0 N–H and O–H groups in total. The molecule has 0 fully saturated rings.